The molecule has 82 valence electrons. The van der Waals surface area contributed by atoms with Gasteiger partial charge in [-0.3, -0.25) is 0 Å². The molecule has 0 aromatic carbocycles. The van der Waals surface area contributed by atoms with E-state index in [1.165, 1.54) is 25.7 Å². The van der Waals surface area contributed by atoms with E-state index in [1.807, 2.05) is 0 Å². The predicted molar refractivity (Wildman–Crippen MR) is 55.4 cm³/mol. The van der Waals surface area contributed by atoms with E-state index in [9.17, 15) is 0 Å². The van der Waals surface area contributed by atoms with Gasteiger partial charge in [-0.1, -0.05) is 0 Å². The number of piperidine rings is 1. The van der Waals surface area contributed by atoms with Crippen LogP contribution in [0.3, 0.4) is 0 Å². The fourth-order valence-electron chi connectivity index (χ4n) is 2.22. The minimum absolute atomic E-state index is 0.0458. The molecule has 3 heteroatoms. The van der Waals surface area contributed by atoms with Crippen LogP contribution in [0.4, 0.5) is 0 Å². The Bertz CT molecular complexity index is 172. The normalized spacial score (nSPS) is 38.8. The van der Waals surface area contributed by atoms with Crippen LogP contribution in [0.5, 0.6) is 0 Å². The molecule has 0 aromatic rings. The number of rotatable bonds is 3. The van der Waals surface area contributed by atoms with Crippen molar-refractivity contribution < 1.29 is 9.47 Å². The van der Waals surface area contributed by atoms with Gasteiger partial charge in [-0.2, -0.15) is 0 Å². The molecule has 2 saturated heterocycles. The summed E-state index contributed by atoms with van der Waals surface area (Å²) in [7, 11) is 0. The van der Waals surface area contributed by atoms with Gasteiger partial charge in [-0.05, 0) is 39.2 Å². The molecule has 3 nitrogen and oxygen atoms in total. The Hall–Kier alpha value is -0.120. The molecule has 2 fully saturated rings. The maximum absolute atomic E-state index is 5.97. The topological polar surface area (TPSA) is 30.5 Å². The Balaban J connectivity index is 1.72. The lowest BCUT2D eigenvalue weighted by Gasteiger charge is -2.34. The van der Waals surface area contributed by atoms with Gasteiger partial charge in [-0.15, -0.1) is 0 Å². The number of hydrogen-bond acceptors (Lipinski definition) is 3. The van der Waals surface area contributed by atoms with Crippen LogP contribution in [-0.2, 0) is 9.47 Å². The molecule has 2 aliphatic rings. The van der Waals surface area contributed by atoms with Crippen LogP contribution in [0.1, 0.15) is 32.6 Å². The molecular weight excluding hydrogens is 178 g/mol. The van der Waals surface area contributed by atoms with Gasteiger partial charge >= 0.3 is 0 Å². The van der Waals surface area contributed by atoms with Crippen molar-refractivity contribution in [3.05, 3.63) is 0 Å². The fraction of sp³-hybridized carbons (Fsp3) is 1.00. The second-order valence-corrected chi connectivity index (χ2v) is 4.68. The van der Waals surface area contributed by atoms with E-state index in [-0.39, 0.29) is 5.60 Å². The molecule has 0 radical (unpaired) electrons. The summed E-state index contributed by atoms with van der Waals surface area (Å²) in [5.74, 6) is 0. The smallest absolute Gasteiger partial charge is 0.0809 e. The Labute approximate surface area is 86.2 Å². The highest BCUT2D eigenvalue weighted by molar-refractivity contribution is 4.83. The first kappa shape index (κ1) is 10.4. The van der Waals surface area contributed by atoms with Gasteiger partial charge < -0.3 is 14.8 Å². The monoisotopic (exact) mass is 199 g/mol. The SMILES string of the molecule is CC1(OCC2CCCO2)CCCNC1. The second kappa shape index (κ2) is 4.60. The van der Waals surface area contributed by atoms with Crippen molar-refractivity contribution in [2.24, 2.45) is 0 Å². The Morgan fingerprint density at radius 2 is 2.43 bits per heavy atom. The summed E-state index contributed by atoms with van der Waals surface area (Å²) in [5.41, 5.74) is 0.0458. The van der Waals surface area contributed by atoms with Crippen LogP contribution in [0.25, 0.3) is 0 Å². The minimum atomic E-state index is 0.0458. The first-order valence-electron chi connectivity index (χ1n) is 5.75. The molecule has 0 bridgehead atoms. The molecule has 0 saturated carbocycles. The van der Waals surface area contributed by atoms with E-state index in [2.05, 4.69) is 12.2 Å². The highest BCUT2D eigenvalue weighted by Crippen LogP contribution is 2.22. The molecule has 2 heterocycles. The first-order chi connectivity index (χ1) is 6.79. The Morgan fingerprint density at radius 1 is 1.50 bits per heavy atom. The zero-order valence-corrected chi connectivity index (χ0v) is 9.05. The van der Waals surface area contributed by atoms with Gasteiger partial charge in [0.2, 0.25) is 0 Å². The molecular formula is C11H21NO2. The molecule has 2 atom stereocenters. The van der Waals surface area contributed by atoms with E-state index in [4.69, 9.17) is 9.47 Å². The minimum Gasteiger partial charge on any atom is -0.376 e. The number of nitrogens with one attached hydrogen (secondary N) is 1. The standard InChI is InChI=1S/C11H21NO2/c1-11(5-3-6-12-9-11)14-8-10-4-2-7-13-10/h10,12H,2-9H2,1H3. The average molecular weight is 199 g/mol. The molecule has 0 aliphatic carbocycles. The van der Waals surface area contributed by atoms with Crippen molar-refractivity contribution in [1.29, 1.82) is 0 Å². The van der Waals surface area contributed by atoms with Crippen molar-refractivity contribution >= 4 is 0 Å². The lowest BCUT2D eigenvalue weighted by atomic mass is 9.96. The fourth-order valence-corrected chi connectivity index (χ4v) is 2.22. The van der Waals surface area contributed by atoms with Gasteiger partial charge in [-0.25, -0.2) is 0 Å². The summed E-state index contributed by atoms with van der Waals surface area (Å²) < 4.78 is 11.5. The van der Waals surface area contributed by atoms with Gasteiger partial charge in [0.05, 0.1) is 18.3 Å². The van der Waals surface area contributed by atoms with Gasteiger partial charge in [0.1, 0.15) is 0 Å². The van der Waals surface area contributed by atoms with Crippen molar-refractivity contribution in [3.8, 4) is 0 Å². The van der Waals surface area contributed by atoms with Crippen molar-refractivity contribution in [3.63, 3.8) is 0 Å². The Kier molecular flexibility index (Phi) is 3.42. The predicted octanol–water partition coefficient (Wildman–Crippen LogP) is 1.32. The van der Waals surface area contributed by atoms with Crippen LogP contribution in [0, 0.1) is 0 Å². The van der Waals surface area contributed by atoms with Crippen LogP contribution in [0.15, 0.2) is 0 Å². The quantitative estimate of drug-likeness (QED) is 0.743. The first-order valence-corrected chi connectivity index (χ1v) is 5.75. The number of ether oxygens (including phenoxy) is 2. The molecule has 2 rings (SSSR count). The largest absolute Gasteiger partial charge is 0.376 e. The lowest BCUT2D eigenvalue weighted by Crippen LogP contribution is -2.46. The summed E-state index contributed by atoms with van der Waals surface area (Å²) in [6.45, 7) is 6.02. The highest BCUT2D eigenvalue weighted by atomic mass is 16.5. The van der Waals surface area contributed by atoms with E-state index in [0.29, 0.717) is 6.10 Å². The van der Waals surface area contributed by atoms with E-state index in [0.717, 1.165) is 26.3 Å². The summed E-state index contributed by atoms with van der Waals surface area (Å²) >= 11 is 0. The average Bonchev–Trinajstić information content (AvgIpc) is 2.69. The summed E-state index contributed by atoms with van der Waals surface area (Å²) in [6.07, 6.45) is 5.12. The maximum atomic E-state index is 5.97. The van der Waals surface area contributed by atoms with Gasteiger partial charge in [0, 0.05) is 13.2 Å². The third-order valence-electron chi connectivity index (χ3n) is 3.20. The molecule has 1 N–H and O–H groups in total. The summed E-state index contributed by atoms with van der Waals surface area (Å²) in [5, 5.41) is 3.38. The molecule has 0 aromatic heterocycles. The molecule has 2 unspecified atom stereocenters. The lowest BCUT2D eigenvalue weighted by molar-refractivity contribution is -0.0839. The maximum Gasteiger partial charge on any atom is 0.0809 e. The van der Waals surface area contributed by atoms with Crippen LogP contribution >= 0.6 is 0 Å². The zero-order chi connectivity index (χ0) is 9.86. The molecule has 0 spiro atoms. The van der Waals surface area contributed by atoms with Gasteiger partial charge in [0.25, 0.3) is 0 Å². The summed E-state index contributed by atoms with van der Waals surface area (Å²) in [6, 6.07) is 0. The van der Waals surface area contributed by atoms with Crippen LogP contribution < -0.4 is 5.32 Å². The third-order valence-corrected chi connectivity index (χ3v) is 3.20. The highest BCUT2D eigenvalue weighted by Gasteiger charge is 2.29. The number of hydrogen-bond donors (Lipinski definition) is 1. The zero-order valence-electron chi connectivity index (χ0n) is 9.05. The molecule has 0 amide bonds. The Morgan fingerprint density at radius 3 is 3.07 bits per heavy atom. The van der Waals surface area contributed by atoms with E-state index < -0.39 is 0 Å². The van der Waals surface area contributed by atoms with Crippen LogP contribution in [0.2, 0.25) is 0 Å². The van der Waals surface area contributed by atoms with E-state index >= 15 is 0 Å². The van der Waals surface area contributed by atoms with Crippen molar-refractivity contribution in [2.45, 2.75) is 44.3 Å². The van der Waals surface area contributed by atoms with Crippen molar-refractivity contribution in [1.82, 2.24) is 5.32 Å². The van der Waals surface area contributed by atoms with Crippen LogP contribution in [-0.4, -0.2) is 38.0 Å². The molecule has 14 heavy (non-hydrogen) atoms. The van der Waals surface area contributed by atoms with Crippen molar-refractivity contribution in [2.75, 3.05) is 26.3 Å². The van der Waals surface area contributed by atoms with E-state index in [1.54, 1.807) is 0 Å². The second-order valence-electron chi connectivity index (χ2n) is 4.68. The van der Waals surface area contributed by atoms with Gasteiger partial charge in [0.15, 0.2) is 0 Å². The summed E-state index contributed by atoms with van der Waals surface area (Å²) in [4.78, 5) is 0. The molecule has 2 aliphatic heterocycles. The third kappa shape index (κ3) is 2.69.